The van der Waals surface area contributed by atoms with Crippen molar-refractivity contribution in [3.8, 4) is 0 Å². The minimum absolute atomic E-state index is 0.0311. The van der Waals surface area contributed by atoms with Crippen LogP contribution >= 0.6 is 0 Å². The van der Waals surface area contributed by atoms with Crippen molar-refractivity contribution in [2.45, 2.75) is 51.9 Å². The van der Waals surface area contributed by atoms with Crippen LogP contribution in [0.1, 0.15) is 45.3 Å². The highest BCUT2D eigenvalue weighted by Crippen LogP contribution is 2.26. The van der Waals surface area contributed by atoms with Crippen molar-refractivity contribution < 1.29 is 18.8 Å². The molecule has 1 saturated heterocycles. The summed E-state index contributed by atoms with van der Waals surface area (Å²) in [7, 11) is 0. The van der Waals surface area contributed by atoms with Crippen LogP contribution in [-0.4, -0.2) is 52.5 Å². The molecule has 1 aromatic heterocycles. The van der Waals surface area contributed by atoms with Gasteiger partial charge in [-0.05, 0) is 27.7 Å². The molecule has 2 heterocycles. The molecule has 1 atom stereocenters. The van der Waals surface area contributed by atoms with Gasteiger partial charge in [0.15, 0.2) is 5.82 Å². The maximum absolute atomic E-state index is 11.8. The fourth-order valence-corrected chi connectivity index (χ4v) is 1.94. The molecular weight excluding hydrogens is 288 g/mol. The monoisotopic (exact) mass is 312 g/mol. The second-order valence-corrected chi connectivity index (χ2v) is 6.62. The molecule has 0 bridgehead atoms. The van der Waals surface area contributed by atoms with Crippen LogP contribution in [0.4, 0.5) is 4.79 Å². The summed E-state index contributed by atoms with van der Waals surface area (Å²) in [5.74, 6) is 1.10. The number of nitrogens with two attached hydrogens (primary N) is 1. The maximum Gasteiger partial charge on any atom is 0.410 e. The molecule has 2 N–H and O–H groups in total. The summed E-state index contributed by atoms with van der Waals surface area (Å²) in [4.78, 5) is 17.7. The van der Waals surface area contributed by atoms with Gasteiger partial charge in [-0.1, -0.05) is 5.16 Å². The van der Waals surface area contributed by atoms with E-state index in [9.17, 15) is 4.79 Å². The standard InChI is InChI=1S/C14H24N4O4/c1-9(15)7-20-8-11-16-12(17-22-11)10-5-18(6-10)13(19)21-14(2,3)4/h9-10H,5-8,15H2,1-4H3. The third kappa shape index (κ3) is 4.67. The van der Waals surface area contributed by atoms with Gasteiger partial charge in [-0.25, -0.2) is 4.79 Å². The first-order valence-corrected chi connectivity index (χ1v) is 7.38. The summed E-state index contributed by atoms with van der Waals surface area (Å²) < 4.78 is 15.7. The molecule has 1 fully saturated rings. The molecule has 0 radical (unpaired) electrons. The van der Waals surface area contributed by atoms with E-state index < -0.39 is 5.60 Å². The predicted molar refractivity (Wildman–Crippen MR) is 78.2 cm³/mol. The average Bonchev–Trinajstić information content (AvgIpc) is 2.72. The highest BCUT2D eigenvalue weighted by Gasteiger charge is 2.37. The first-order valence-electron chi connectivity index (χ1n) is 7.38. The Labute approximate surface area is 129 Å². The number of ether oxygens (including phenoxy) is 2. The summed E-state index contributed by atoms with van der Waals surface area (Å²) in [6, 6.07) is -0.0311. The number of amides is 1. The molecule has 8 heteroatoms. The second-order valence-electron chi connectivity index (χ2n) is 6.62. The van der Waals surface area contributed by atoms with Gasteiger partial charge in [0.1, 0.15) is 12.2 Å². The summed E-state index contributed by atoms with van der Waals surface area (Å²) in [6.07, 6.45) is -0.312. The Morgan fingerprint density at radius 1 is 1.50 bits per heavy atom. The molecule has 0 saturated carbocycles. The van der Waals surface area contributed by atoms with Gasteiger partial charge < -0.3 is 24.6 Å². The molecule has 124 valence electrons. The minimum Gasteiger partial charge on any atom is -0.444 e. The van der Waals surface area contributed by atoms with E-state index in [1.54, 1.807) is 4.90 Å². The number of hydrogen-bond donors (Lipinski definition) is 1. The molecule has 22 heavy (non-hydrogen) atoms. The van der Waals surface area contributed by atoms with E-state index in [1.165, 1.54) is 0 Å². The molecule has 1 aliphatic heterocycles. The molecular formula is C14H24N4O4. The number of carbonyl (C=O) groups is 1. The lowest BCUT2D eigenvalue weighted by Crippen LogP contribution is -2.50. The molecule has 8 nitrogen and oxygen atoms in total. The molecule has 0 aromatic carbocycles. The van der Waals surface area contributed by atoms with Crippen molar-refractivity contribution in [3.05, 3.63) is 11.7 Å². The van der Waals surface area contributed by atoms with Crippen LogP contribution in [-0.2, 0) is 16.1 Å². The topological polar surface area (TPSA) is 104 Å². The van der Waals surface area contributed by atoms with E-state index in [1.807, 2.05) is 27.7 Å². The van der Waals surface area contributed by atoms with Gasteiger partial charge in [0.2, 0.25) is 0 Å². The van der Waals surface area contributed by atoms with Crippen molar-refractivity contribution in [1.29, 1.82) is 0 Å². The van der Waals surface area contributed by atoms with E-state index in [-0.39, 0.29) is 24.7 Å². The predicted octanol–water partition coefficient (Wildman–Crippen LogP) is 1.27. The summed E-state index contributed by atoms with van der Waals surface area (Å²) in [6.45, 7) is 9.15. The fraction of sp³-hybridized carbons (Fsp3) is 0.786. The van der Waals surface area contributed by atoms with Gasteiger partial charge in [0.25, 0.3) is 5.89 Å². The number of carbonyl (C=O) groups excluding carboxylic acids is 1. The van der Waals surface area contributed by atoms with E-state index in [4.69, 9.17) is 19.7 Å². The fourth-order valence-electron chi connectivity index (χ4n) is 1.94. The van der Waals surface area contributed by atoms with Gasteiger partial charge in [-0.15, -0.1) is 0 Å². The van der Waals surface area contributed by atoms with Crippen LogP contribution in [0.5, 0.6) is 0 Å². The normalized spacial score (nSPS) is 17.2. The van der Waals surface area contributed by atoms with Crippen molar-refractivity contribution in [3.63, 3.8) is 0 Å². The lowest BCUT2D eigenvalue weighted by atomic mass is 10.0. The van der Waals surface area contributed by atoms with Gasteiger partial charge in [-0.3, -0.25) is 0 Å². The third-order valence-electron chi connectivity index (χ3n) is 2.99. The molecule has 1 amide bonds. The van der Waals surface area contributed by atoms with Gasteiger partial charge in [-0.2, -0.15) is 4.98 Å². The van der Waals surface area contributed by atoms with Crippen LogP contribution in [0.25, 0.3) is 0 Å². The first-order chi connectivity index (χ1) is 10.2. The third-order valence-corrected chi connectivity index (χ3v) is 2.99. The lowest BCUT2D eigenvalue weighted by molar-refractivity contribution is 0.00734. The largest absolute Gasteiger partial charge is 0.444 e. The number of likely N-dealkylation sites (tertiary alicyclic amines) is 1. The quantitative estimate of drug-likeness (QED) is 0.873. The van der Waals surface area contributed by atoms with Crippen LogP contribution in [0, 0.1) is 0 Å². The minimum atomic E-state index is -0.487. The van der Waals surface area contributed by atoms with Crippen molar-refractivity contribution in [2.24, 2.45) is 5.73 Å². The Balaban J connectivity index is 1.76. The smallest absolute Gasteiger partial charge is 0.410 e. The van der Waals surface area contributed by atoms with E-state index >= 15 is 0 Å². The van der Waals surface area contributed by atoms with Crippen molar-refractivity contribution >= 4 is 6.09 Å². The zero-order chi connectivity index (χ0) is 16.3. The Bertz CT molecular complexity index is 503. The summed E-state index contributed by atoms with van der Waals surface area (Å²) in [5, 5.41) is 3.93. The average molecular weight is 312 g/mol. The number of rotatable bonds is 5. The van der Waals surface area contributed by atoms with Gasteiger partial charge in [0, 0.05) is 19.1 Å². The first kappa shape index (κ1) is 16.7. The Morgan fingerprint density at radius 3 is 2.77 bits per heavy atom. The molecule has 0 spiro atoms. The number of nitrogens with zero attached hydrogens (tertiary/aromatic N) is 3. The van der Waals surface area contributed by atoms with Gasteiger partial charge >= 0.3 is 6.09 Å². The van der Waals surface area contributed by atoms with Crippen LogP contribution in [0.15, 0.2) is 4.52 Å². The van der Waals surface area contributed by atoms with Crippen LogP contribution in [0.2, 0.25) is 0 Å². The van der Waals surface area contributed by atoms with E-state index in [2.05, 4.69) is 10.1 Å². The van der Waals surface area contributed by atoms with E-state index in [0.717, 1.165) is 0 Å². The summed E-state index contributed by atoms with van der Waals surface area (Å²) >= 11 is 0. The molecule has 1 aromatic rings. The van der Waals surface area contributed by atoms with Crippen LogP contribution in [0.3, 0.4) is 0 Å². The number of aromatic nitrogens is 2. The Hall–Kier alpha value is -1.67. The summed E-state index contributed by atoms with van der Waals surface area (Å²) in [5.41, 5.74) is 5.10. The Kier molecular flexibility index (Phi) is 5.02. The zero-order valence-corrected chi connectivity index (χ0v) is 13.5. The van der Waals surface area contributed by atoms with Crippen molar-refractivity contribution in [1.82, 2.24) is 15.0 Å². The molecule has 1 aliphatic rings. The van der Waals surface area contributed by atoms with E-state index in [0.29, 0.717) is 31.4 Å². The molecule has 0 aliphatic carbocycles. The van der Waals surface area contributed by atoms with Crippen molar-refractivity contribution in [2.75, 3.05) is 19.7 Å². The van der Waals surface area contributed by atoms with Crippen LogP contribution < -0.4 is 5.73 Å². The molecule has 2 rings (SSSR count). The zero-order valence-electron chi connectivity index (χ0n) is 13.5. The molecule has 1 unspecified atom stereocenters. The SMILES string of the molecule is CC(N)COCc1nc(C2CN(C(=O)OC(C)(C)C)C2)no1. The number of hydrogen-bond acceptors (Lipinski definition) is 7. The highest BCUT2D eigenvalue weighted by molar-refractivity contribution is 5.69. The highest BCUT2D eigenvalue weighted by atomic mass is 16.6. The Morgan fingerprint density at radius 2 is 2.18 bits per heavy atom. The lowest BCUT2D eigenvalue weighted by Gasteiger charge is -2.38. The van der Waals surface area contributed by atoms with Gasteiger partial charge in [0.05, 0.1) is 12.5 Å². The second kappa shape index (κ2) is 6.62. The maximum atomic E-state index is 11.8.